The highest BCUT2D eigenvalue weighted by molar-refractivity contribution is 9.10. The molecule has 20 heavy (non-hydrogen) atoms. The molecule has 6 heteroatoms. The summed E-state index contributed by atoms with van der Waals surface area (Å²) in [5.41, 5.74) is 2.67. The van der Waals surface area contributed by atoms with Gasteiger partial charge in [-0.2, -0.15) is 0 Å². The second-order valence-corrected chi connectivity index (χ2v) is 6.88. The van der Waals surface area contributed by atoms with E-state index in [-0.39, 0.29) is 10.6 Å². The number of thiophene rings is 1. The maximum Gasteiger partial charge on any atom is 0.292 e. The largest absolute Gasteiger partial charge is 0.375 e. The minimum atomic E-state index is -0.343. The minimum absolute atomic E-state index is 0.125. The Morgan fingerprint density at radius 2 is 1.90 bits per heavy atom. The molecule has 0 saturated heterocycles. The van der Waals surface area contributed by atoms with E-state index in [4.69, 9.17) is 0 Å². The van der Waals surface area contributed by atoms with Crippen LogP contribution in [0.15, 0.2) is 22.7 Å². The highest BCUT2D eigenvalue weighted by Crippen LogP contribution is 2.30. The number of nitro benzene ring substituents is 1. The quantitative estimate of drug-likeness (QED) is 0.623. The zero-order valence-electron chi connectivity index (χ0n) is 11.5. The van der Waals surface area contributed by atoms with Gasteiger partial charge in [0.25, 0.3) is 5.69 Å². The lowest BCUT2D eigenvalue weighted by Gasteiger charge is -2.09. The molecule has 0 aliphatic heterocycles. The Labute approximate surface area is 130 Å². The maximum absolute atomic E-state index is 11.1. The van der Waals surface area contributed by atoms with Gasteiger partial charge in [0.2, 0.25) is 0 Å². The van der Waals surface area contributed by atoms with Crippen molar-refractivity contribution in [2.45, 2.75) is 27.3 Å². The van der Waals surface area contributed by atoms with E-state index in [0.29, 0.717) is 12.2 Å². The first kappa shape index (κ1) is 15.0. The summed E-state index contributed by atoms with van der Waals surface area (Å²) in [7, 11) is 0. The smallest absolute Gasteiger partial charge is 0.292 e. The molecule has 1 heterocycles. The van der Waals surface area contributed by atoms with Crippen LogP contribution in [0.4, 0.5) is 11.4 Å². The molecule has 0 amide bonds. The first-order valence-electron chi connectivity index (χ1n) is 6.13. The molecule has 0 radical (unpaired) electrons. The molecule has 1 N–H and O–H groups in total. The molecule has 2 aromatic rings. The molecule has 2 rings (SSSR count). The number of hydrogen-bond donors (Lipinski definition) is 1. The Bertz CT molecular complexity index is 648. The van der Waals surface area contributed by atoms with E-state index in [1.165, 1.54) is 4.88 Å². The van der Waals surface area contributed by atoms with E-state index in [1.54, 1.807) is 17.4 Å². The van der Waals surface area contributed by atoms with Crippen LogP contribution in [0.1, 0.15) is 20.9 Å². The van der Waals surface area contributed by atoms with Crippen LogP contribution in [0.3, 0.4) is 0 Å². The predicted molar refractivity (Wildman–Crippen MR) is 86.7 cm³/mol. The van der Waals surface area contributed by atoms with Gasteiger partial charge in [-0.05, 0) is 60.0 Å². The average molecular weight is 355 g/mol. The summed E-state index contributed by atoms with van der Waals surface area (Å²) >= 11 is 5.15. The molecule has 4 nitrogen and oxygen atoms in total. The molecule has 0 unspecified atom stereocenters. The standard InChI is InChI=1S/C14H15BrN2O2S/c1-8-4-13(14(17(18)19)5-9(8)2)16-7-11-6-12(15)10(3)20-11/h4-6,16H,7H2,1-3H3. The van der Waals surface area contributed by atoms with Gasteiger partial charge in [-0.1, -0.05) is 0 Å². The van der Waals surface area contributed by atoms with Crippen molar-refractivity contribution in [3.63, 3.8) is 0 Å². The van der Waals surface area contributed by atoms with Crippen LogP contribution in [0.25, 0.3) is 0 Å². The number of benzene rings is 1. The van der Waals surface area contributed by atoms with Crippen molar-refractivity contribution >= 4 is 38.6 Å². The van der Waals surface area contributed by atoms with E-state index >= 15 is 0 Å². The van der Waals surface area contributed by atoms with Gasteiger partial charge in [-0.15, -0.1) is 11.3 Å². The molecular weight excluding hydrogens is 340 g/mol. The van der Waals surface area contributed by atoms with E-state index in [9.17, 15) is 10.1 Å². The van der Waals surface area contributed by atoms with Gasteiger partial charge in [-0.3, -0.25) is 10.1 Å². The molecule has 1 aromatic heterocycles. The van der Waals surface area contributed by atoms with Crippen LogP contribution in [0.2, 0.25) is 0 Å². The Morgan fingerprint density at radius 3 is 2.45 bits per heavy atom. The Balaban J connectivity index is 2.24. The summed E-state index contributed by atoms with van der Waals surface area (Å²) in [6.45, 7) is 6.46. The molecular formula is C14H15BrN2O2S. The molecule has 0 aliphatic rings. The maximum atomic E-state index is 11.1. The van der Waals surface area contributed by atoms with Crippen LogP contribution in [0.5, 0.6) is 0 Å². The third kappa shape index (κ3) is 3.19. The van der Waals surface area contributed by atoms with Crippen molar-refractivity contribution in [3.8, 4) is 0 Å². The molecule has 0 fully saturated rings. The minimum Gasteiger partial charge on any atom is -0.375 e. The lowest BCUT2D eigenvalue weighted by Crippen LogP contribution is -2.02. The second kappa shape index (κ2) is 5.93. The van der Waals surface area contributed by atoms with Crippen molar-refractivity contribution in [2.75, 3.05) is 5.32 Å². The fraction of sp³-hybridized carbons (Fsp3) is 0.286. The highest BCUT2D eigenvalue weighted by atomic mass is 79.9. The monoisotopic (exact) mass is 354 g/mol. The highest BCUT2D eigenvalue weighted by Gasteiger charge is 2.15. The van der Waals surface area contributed by atoms with Crippen LogP contribution >= 0.6 is 27.3 Å². The molecule has 0 saturated carbocycles. The van der Waals surface area contributed by atoms with Gasteiger partial charge in [-0.25, -0.2) is 0 Å². The first-order chi connectivity index (χ1) is 9.38. The predicted octanol–water partition coefficient (Wildman–Crippen LogP) is 4.96. The van der Waals surface area contributed by atoms with Crippen LogP contribution in [0, 0.1) is 30.9 Å². The van der Waals surface area contributed by atoms with Crippen molar-refractivity contribution in [3.05, 3.63) is 53.7 Å². The van der Waals surface area contributed by atoms with E-state index in [0.717, 1.165) is 20.5 Å². The van der Waals surface area contributed by atoms with E-state index < -0.39 is 0 Å². The number of aryl methyl sites for hydroxylation is 3. The van der Waals surface area contributed by atoms with Gasteiger partial charge < -0.3 is 5.32 Å². The van der Waals surface area contributed by atoms with Crippen LogP contribution < -0.4 is 5.32 Å². The summed E-state index contributed by atoms with van der Waals surface area (Å²) in [4.78, 5) is 13.1. The number of halogens is 1. The van der Waals surface area contributed by atoms with Gasteiger partial charge in [0, 0.05) is 26.8 Å². The molecule has 0 atom stereocenters. The van der Waals surface area contributed by atoms with Crippen molar-refractivity contribution in [1.82, 2.24) is 0 Å². The summed E-state index contributed by atoms with van der Waals surface area (Å²) in [5, 5.41) is 14.3. The topological polar surface area (TPSA) is 55.2 Å². The average Bonchev–Trinajstić information content (AvgIpc) is 2.69. The molecule has 0 bridgehead atoms. The summed E-state index contributed by atoms with van der Waals surface area (Å²) < 4.78 is 1.08. The van der Waals surface area contributed by atoms with E-state index in [1.807, 2.05) is 32.9 Å². The Hall–Kier alpha value is -1.40. The van der Waals surface area contributed by atoms with Gasteiger partial charge >= 0.3 is 0 Å². The molecule has 0 spiro atoms. The van der Waals surface area contributed by atoms with E-state index in [2.05, 4.69) is 21.2 Å². The molecule has 1 aromatic carbocycles. The first-order valence-corrected chi connectivity index (χ1v) is 7.73. The lowest BCUT2D eigenvalue weighted by atomic mass is 10.1. The SMILES string of the molecule is Cc1cc(NCc2cc(Br)c(C)s2)c([N+](=O)[O-])cc1C. The van der Waals surface area contributed by atoms with Crippen molar-refractivity contribution in [1.29, 1.82) is 0 Å². The summed E-state index contributed by atoms with van der Waals surface area (Å²) in [6.07, 6.45) is 0. The number of nitro groups is 1. The number of rotatable bonds is 4. The number of nitrogens with zero attached hydrogens (tertiary/aromatic N) is 1. The molecule has 0 aliphatic carbocycles. The third-order valence-electron chi connectivity index (χ3n) is 3.17. The van der Waals surface area contributed by atoms with Gasteiger partial charge in [0.1, 0.15) is 5.69 Å². The van der Waals surface area contributed by atoms with Gasteiger partial charge in [0.15, 0.2) is 0 Å². The Morgan fingerprint density at radius 1 is 1.25 bits per heavy atom. The second-order valence-electron chi connectivity index (χ2n) is 4.68. The zero-order valence-corrected chi connectivity index (χ0v) is 13.9. The lowest BCUT2D eigenvalue weighted by molar-refractivity contribution is -0.384. The zero-order chi connectivity index (χ0) is 14.9. The summed E-state index contributed by atoms with van der Waals surface area (Å²) in [6, 6.07) is 5.50. The third-order valence-corrected chi connectivity index (χ3v) is 5.31. The van der Waals surface area contributed by atoms with Crippen LogP contribution in [-0.4, -0.2) is 4.92 Å². The van der Waals surface area contributed by atoms with Crippen molar-refractivity contribution < 1.29 is 4.92 Å². The molecule has 106 valence electrons. The van der Waals surface area contributed by atoms with Crippen LogP contribution in [-0.2, 0) is 6.54 Å². The number of nitrogens with one attached hydrogen (secondary N) is 1. The fourth-order valence-electron chi connectivity index (χ4n) is 1.88. The van der Waals surface area contributed by atoms with Crippen molar-refractivity contribution in [2.24, 2.45) is 0 Å². The van der Waals surface area contributed by atoms with Gasteiger partial charge in [0.05, 0.1) is 4.92 Å². The summed E-state index contributed by atoms with van der Waals surface area (Å²) in [5.74, 6) is 0. The number of anilines is 1. The Kier molecular flexibility index (Phi) is 4.45. The normalized spacial score (nSPS) is 10.6. The number of hydrogen-bond acceptors (Lipinski definition) is 4. The fourth-order valence-corrected chi connectivity index (χ4v) is 3.42.